The number of piperidine rings is 1. The van der Waals surface area contributed by atoms with E-state index in [0.717, 1.165) is 0 Å². The zero-order valence-electron chi connectivity index (χ0n) is 12.1. The van der Waals surface area contributed by atoms with Crippen molar-refractivity contribution in [3.8, 4) is 0 Å². The molecule has 1 saturated heterocycles. The summed E-state index contributed by atoms with van der Waals surface area (Å²) < 4.78 is 9.94. The van der Waals surface area contributed by atoms with E-state index in [1.54, 1.807) is 4.90 Å². The van der Waals surface area contributed by atoms with Crippen LogP contribution in [0.25, 0.3) is 0 Å². The molecule has 6 nitrogen and oxygen atoms in total. The quantitative estimate of drug-likeness (QED) is 0.762. The summed E-state index contributed by atoms with van der Waals surface area (Å²) in [7, 11) is 1.36. The molecule has 0 bridgehead atoms. The highest BCUT2D eigenvalue weighted by molar-refractivity contribution is 5.70. The van der Waals surface area contributed by atoms with Gasteiger partial charge in [0.15, 0.2) is 0 Å². The predicted molar refractivity (Wildman–Crippen MR) is 70.5 cm³/mol. The van der Waals surface area contributed by atoms with Gasteiger partial charge in [0.2, 0.25) is 0 Å². The molecule has 0 radical (unpaired) electrons. The second kappa shape index (κ2) is 6.23. The number of carbonyl (C=O) groups is 2. The van der Waals surface area contributed by atoms with Gasteiger partial charge in [-0.15, -0.1) is 0 Å². The zero-order chi connectivity index (χ0) is 14.6. The Balaban J connectivity index is 2.49. The minimum atomic E-state index is -0.510. The first-order chi connectivity index (χ1) is 8.73. The van der Waals surface area contributed by atoms with E-state index < -0.39 is 5.60 Å². The molecule has 6 heteroatoms. The summed E-state index contributed by atoms with van der Waals surface area (Å²) in [6.07, 6.45) is 0.648. The molecule has 19 heavy (non-hydrogen) atoms. The van der Waals surface area contributed by atoms with Gasteiger partial charge in [-0.3, -0.25) is 4.79 Å². The smallest absolute Gasteiger partial charge is 0.410 e. The first kappa shape index (κ1) is 15.8. The lowest BCUT2D eigenvalue weighted by Crippen LogP contribution is -2.52. The average Bonchev–Trinajstić information content (AvgIpc) is 2.29. The van der Waals surface area contributed by atoms with E-state index in [0.29, 0.717) is 25.9 Å². The van der Waals surface area contributed by atoms with Crippen LogP contribution in [0.3, 0.4) is 0 Å². The van der Waals surface area contributed by atoms with Crippen molar-refractivity contribution in [2.75, 3.05) is 20.2 Å². The lowest BCUT2D eigenvalue weighted by molar-refractivity contribution is -0.142. The standard InChI is InChI=1S/C13H24N2O4/c1-13(2,3)19-12(17)15-6-5-9(10(14)8-15)7-11(16)18-4/h9-10H,5-8,14H2,1-4H3/t9-,10-/m1/s1. The molecule has 2 N–H and O–H groups in total. The number of amides is 1. The van der Waals surface area contributed by atoms with Crippen LogP contribution in [0.2, 0.25) is 0 Å². The molecule has 1 rings (SSSR count). The van der Waals surface area contributed by atoms with Crippen molar-refractivity contribution < 1.29 is 19.1 Å². The average molecular weight is 272 g/mol. The number of likely N-dealkylation sites (tertiary alicyclic amines) is 1. The Labute approximate surface area is 114 Å². The fourth-order valence-corrected chi connectivity index (χ4v) is 2.07. The molecule has 1 amide bonds. The van der Waals surface area contributed by atoms with Gasteiger partial charge in [-0.1, -0.05) is 0 Å². The van der Waals surface area contributed by atoms with Crippen LogP contribution in [0.15, 0.2) is 0 Å². The Hall–Kier alpha value is -1.30. The van der Waals surface area contributed by atoms with E-state index in [1.165, 1.54) is 7.11 Å². The molecule has 2 atom stereocenters. The van der Waals surface area contributed by atoms with Crippen LogP contribution in [-0.2, 0) is 14.3 Å². The number of ether oxygens (including phenoxy) is 2. The maximum atomic E-state index is 11.9. The van der Waals surface area contributed by atoms with Crippen LogP contribution in [0, 0.1) is 5.92 Å². The largest absolute Gasteiger partial charge is 0.469 e. The molecular formula is C13H24N2O4. The molecule has 0 unspecified atom stereocenters. The zero-order valence-corrected chi connectivity index (χ0v) is 12.1. The van der Waals surface area contributed by atoms with Gasteiger partial charge >= 0.3 is 12.1 Å². The summed E-state index contributed by atoms with van der Waals surface area (Å²) in [6.45, 7) is 6.46. The van der Waals surface area contributed by atoms with Crippen LogP contribution in [-0.4, -0.2) is 48.8 Å². The maximum absolute atomic E-state index is 11.9. The minimum Gasteiger partial charge on any atom is -0.469 e. The van der Waals surface area contributed by atoms with Gasteiger partial charge in [0.1, 0.15) is 5.60 Å². The van der Waals surface area contributed by atoms with Crippen molar-refractivity contribution in [3.63, 3.8) is 0 Å². The third-order valence-electron chi connectivity index (χ3n) is 3.11. The van der Waals surface area contributed by atoms with Gasteiger partial charge < -0.3 is 20.1 Å². The third kappa shape index (κ3) is 5.06. The van der Waals surface area contributed by atoms with Gasteiger partial charge in [0, 0.05) is 25.6 Å². The predicted octanol–water partition coefficient (Wildman–Crippen LogP) is 1.13. The Morgan fingerprint density at radius 1 is 1.37 bits per heavy atom. The molecule has 1 aliphatic rings. The van der Waals surface area contributed by atoms with E-state index in [1.807, 2.05) is 20.8 Å². The van der Waals surface area contributed by atoms with Crippen molar-refractivity contribution in [1.29, 1.82) is 0 Å². The Morgan fingerprint density at radius 3 is 2.47 bits per heavy atom. The fraction of sp³-hybridized carbons (Fsp3) is 0.846. The van der Waals surface area contributed by atoms with Crippen LogP contribution in [0.5, 0.6) is 0 Å². The molecule has 1 aliphatic heterocycles. The number of nitrogens with zero attached hydrogens (tertiary/aromatic N) is 1. The third-order valence-corrected chi connectivity index (χ3v) is 3.11. The normalized spacial score (nSPS) is 23.9. The lowest BCUT2D eigenvalue weighted by atomic mass is 9.89. The number of methoxy groups -OCH3 is 1. The van der Waals surface area contributed by atoms with E-state index >= 15 is 0 Å². The van der Waals surface area contributed by atoms with E-state index in [4.69, 9.17) is 10.5 Å². The van der Waals surface area contributed by atoms with Gasteiger partial charge in [-0.2, -0.15) is 0 Å². The topological polar surface area (TPSA) is 81.9 Å². The highest BCUT2D eigenvalue weighted by atomic mass is 16.6. The lowest BCUT2D eigenvalue weighted by Gasteiger charge is -2.36. The summed E-state index contributed by atoms with van der Waals surface area (Å²) in [5, 5.41) is 0. The van der Waals surface area contributed by atoms with E-state index in [9.17, 15) is 9.59 Å². The molecule has 0 saturated carbocycles. The minimum absolute atomic E-state index is 0.0612. The summed E-state index contributed by atoms with van der Waals surface area (Å²) in [5.41, 5.74) is 5.51. The second-order valence-electron chi connectivity index (χ2n) is 5.92. The van der Waals surface area contributed by atoms with Crippen LogP contribution < -0.4 is 5.73 Å². The van der Waals surface area contributed by atoms with Crippen LogP contribution in [0.1, 0.15) is 33.6 Å². The molecule has 0 aromatic rings. The van der Waals surface area contributed by atoms with E-state index in [-0.39, 0.29) is 24.0 Å². The molecule has 1 fully saturated rings. The molecule has 0 spiro atoms. The second-order valence-corrected chi connectivity index (χ2v) is 5.92. The van der Waals surface area contributed by atoms with Gasteiger partial charge in [-0.05, 0) is 33.1 Å². The number of esters is 1. The molecule has 0 aliphatic carbocycles. The number of rotatable bonds is 2. The van der Waals surface area contributed by atoms with Crippen molar-refractivity contribution in [1.82, 2.24) is 4.90 Å². The van der Waals surface area contributed by atoms with Crippen LogP contribution >= 0.6 is 0 Å². The number of nitrogens with two attached hydrogens (primary N) is 1. The molecule has 0 aromatic heterocycles. The first-order valence-corrected chi connectivity index (χ1v) is 6.53. The Bertz CT molecular complexity index is 338. The van der Waals surface area contributed by atoms with Crippen molar-refractivity contribution in [2.24, 2.45) is 11.7 Å². The highest BCUT2D eigenvalue weighted by Crippen LogP contribution is 2.22. The van der Waals surface area contributed by atoms with Crippen molar-refractivity contribution in [3.05, 3.63) is 0 Å². The molecule has 110 valence electrons. The van der Waals surface area contributed by atoms with Crippen molar-refractivity contribution in [2.45, 2.75) is 45.3 Å². The van der Waals surface area contributed by atoms with Gasteiger partial charge in [-0.25, -0.2) is 4.79 Å². The summed E-state index contributed by atoms with van der Waals surface area (Å²) in [4.78, 5) is 24.7. The van der Waals surface area contributed by atoms with E-state index in [2.05, 4.69) is 4.74 Å². The monoisotopic (exact) mass is 272 g/mol. The van der Waals surface area contributed by atoms with Crippen LogP contribution in [0.4, 0.5) is 4.79 Å². The summed E-state index contributed by atoms with van der Waals surface area (Å²) >= 11 is 0. The molecule has 1 heterocycles. The fourth-order valence-electron chi connectivity index (χ4n) is 2.07. The number of carbonyl (C=O) groups excluding carboxylic acids is 2. The summed E-state index contributed by atoms with van der Waals surface area (Å²) in [5.74, 6) is -0.197. The van der Waals surface area contributed by atoms with Gasteiger partial charge in [0.05, 0.1) is 7.11 Å². The number of hydrogen-bond donors (Lipinski definition) is 1. The molecule has 0 aromatic carbocycles. The van der Waals surface area contributed by atoms with Crippen molar-refractivity contribution >= 4 is 12.1 Å². The maximum Gasteiger partial charge on any atom is 0.410 e. The Morgan fingerprint density at radius 2 is 2.00 bits per heavy atom. The van der Waals surface area contributed by atoms with Gasteiger partial charge in [0.25, 0.3) is 0 Å². The Kier molecular flexibility index (Phi) is 5.17. The first-order valence-electron chi connectivity index (χ1n) is 6.53. The summed E-state index contributed by atoms with van der Waals surface area (Å²) in [6, 6.07) is -0.222. The molecular weight excluding hydrogens is 248 g/mol. The SMILES string of the molecule is COC(=O)C[C@H]1CCN(C(=O)OC(C)(C)C)C[C@H]1N. The highest BCUT2D eigenvalue weighted by Gasteiger charge is 2.32. The number of hydrogen-bond acceptors (Lipinski definition) is 5.